The number of nitrogens with one attached hydrogen (secondary N) is 1. The molecule has 0 radical (unpaired) electrons. The second kappa shape index (κ2) is 4.21. The van der Waals surface area contributed by atoms with Crippen LogP contribution < -0.4 is 11.2 Å². The number of hydrogen-bond donors (Lipinski definition) is 2. The van der Waals surface area contributed by atoms with E-state index in [1.165, 1.54) is 0 Å². The fourth-order valence-electron chi connectivity index (χ4n) is 0.810. The Kier molecular flexibility index (Phi) is 3.19. The topological polar surface area (TPSA) is 64.3 Å². The molecule has 0 unspecified atom stereocenters. The molecule has 1 aromatic rings. The van der Waals surface area contributed by atoms with Gasteiger partial charge in [-0.2, -0.15) is 0 Å². The summed E-state index contributed by atoms with van der Waals surface area (Å²) in [5, 5.41) is 0. The van der Waals surface area contributed by atoms with Crippen LogP contribution in [0.3, 0.4) is 0 Å². The molecule has 0 aromatic heterocycles. The molecule has 3 N–H and O–H groups in total. The molecule has 0 atom stereocenters. The van der Waals surface area contributed by atoms with E-state index in [2.05, 4.69) is 5.48 Å². The van der Waals surface area contributed by atoms with Gasteiger partial charge in [0, 0.05) is 5.69 Å². The standard InChI is InChI=1S/C11H16N2O2/c1-11(2,3)10(14)15-13-9-6-4-8(12)5-7-9/h4-7,13H,12H2,1-3H3. The summed E-state index contributed by atoms with van der Waals surface area (Å²) in [5.74, 6) is -0.306. The highest BCUT2D eigenvalue weighted by Crippen LogP contribution is 2.16. The Bertz CT molecular complexity index is 339. The van der Waals surface area contributed by atoms with Crippen molar-refractivity contribution >= 4 is 17.3 Å². The minimum Gasteiger partial charge on any atom is -0.399 e. The number of nitrogen functional groups attached to an aromatic ring is 1. The Balaban J connectivity index is 2.51. The van der Waals surface area contributed by atoms with Crippen molar-refractivity contribution in [2.24, 2.45) is 5.41 Å². The predicted molar refractivity (Wildman–Crippen MR) is 60.0 cm³/mol. The van der Waals surface area contributed by atoms with Crippen molar-refractivity contribution in [3.63, 3.8) is 0 Å². The molecule has 0 heterocycles. The number of hydrogen-bond acceptors (Lipinski definition) is 4. The zero-order valence-electron chi connectivity index (χ0n) is 9.20. The molecular formula is C11H16N2O2. The van der Waals surface area contributed by atoms with Gasteiger partial charge in [-0.1, -0.05) is 0 Å². The van der Waals surface area contributed by atoms with Crippen LogP contribution in [0.2, 0.25) is 0 Å². The molecule has 1 aromatic carbocycles. The van der Waals surface area contributed by atoms with E-state index >= 15 is 0 Å². The van der Waals surface area contributed by atoms with Crippen LogP contribution in [-0.2, 0) is 9.63 Å². The molecule has 15 heavy (non-hydrogen) atoms. The Morgan fingerprint density at radius 2 is 1.80 bits per heavy atom. The van der Waals surface area contributed by atoms with E-state index in [4.69, 9.17) is 10.6 Å². The van der Waals surface area contributed by atoms with Gasteiger partial charge in [0.05, 0.1) is 11.1 Å². The summed E-state index contributed by atoms with van der Waals surface area (Å²) in [6, 6.07) is 6.94. The molecule has 0 aliphatic carbocycles. The van der Waals surface area contributed by atoms with Gasteiger partial charge >= 0.3 is 5.97 Å². The summed E-state index contributed by atoms with van der Waals surface area (Å²) in [7, 11) is 0. The van der Waals surface area contributed by atoms with Gasteiger partial charge < -0.3 is 10.6 Å². The number of benzene rings is 1. The van der Waals surface area contributed by atoms with Crippen LogP contribution in [0.1, 0.15) is 20.8 Å². The van der Waals surface area contributed by atoms with Crippen LogP contribution >= 0.6 is 0 Å². The molecule has 4 nitrogen and oxygen atoms in total. The number of carbonyl (C=O) groups is 1. The lowest BCUT2D eigenvalue weighted by Crippen LogP contribution is -2.25. The first-order valence-corrected chi connectivity index (χ1v) is 4.72. The van der Waals surface area contributed by atoms with Crippen molar-refractivity contribution in [1.82, 2.24) is 0 Å². The molecule has 82 valence electrons. The van der Waals surface area contributed by atoms with E-state index < -0.39 is 5.41 Å². The van der Waals surface area contributed by atoms with Crippen molar-refractivity contribution in [3.05, 3.63) is 24.3 Å². The number of rotatable bonds is 2. The molecule has 0 fully saturated rings. The molecule has 0 spiro atoms. The van der Waals surface area contributed by atoms with E-state index in [1.54, 1.807) is 45.0 Å². The lowest BCUT2D eigenvalue weighted by atomic mass is 9.98. The smallest absolute Gasteiger partial charge is 0.337 e. The Morgan fingerprint density at radius 1 is 1.27 bits per heavy atom. The largest absolute Gasteiger partial charge is 0.399 e. The van der Waals surface area contributed by atoms with E-state index in [0.717, 1.165) is 0 Å². The van der Waals surface area contributed by atoms with Gasteiger partial charge in [0.1, 0.15) is 0 Å². The van der Waals surface area contributed by atoms with Gasteiger partial charge in [-0.25, -0.2) is 10.3 Å². The minimum atomic E-state index is -0.513. The first-order valence-electron chi connectivity index (χ1n) is 4.72. The van der Waals surface area contributed by atoms with Gasteiger partial charge in [0.25, 0.3) is 0 Å². The van der Waals surface area contributed by atoms with Crippen LogP contribution in [0, 0.1) is 5.41 Å². The van der Waals surface area contributed by atoms with Crippen LogP contribution in [0.25, 0.3) is 0 Å². The molecule has 0 saturated heterocycles. The molecule has 0 aliphatic heterocycles. The van der Waals surface area contributed by atoms with Gasteiger partial charge in [-0.15, -0.1) is 0 Å². The van der Waals surface area contributed by atoms with Crippen molar-refractivity contribution < 1.29 is 9.63 Å². The van der Waals surface area contributed by atoms with Gasteiger partial charge in [-0.3, -0.25) is 0 Å². The Hall–Kier alpha value is -1.71. The van der Waals surface area contributed by atoms with Gasteiger partial charge in [0.2, 0.25) is 0 Å². The van der Waals surface area contributed by atoms with Crippen LogP contribution in [0.4, 0.5) is 11.4 Å². The first-order chi connectivity index (χ1) is 6.89. The Morgan fingerprint density at radius 3 is 2.27 bits per heavy atom. The lowest BCUT2D eigenvalue weighted by Gasteiger charge is -2.16. The normalized spacial score (nSPS) is 10.9. The van der Waals surface area contributed by atoms with Crippen LogP contribution in [0.15, 0.2) is 24.3 Å². The summed E-state index contributed by atoms with van der Waals surface area (Å²) < 4.78 is 0. The van der Waals surface area contributed by atoms with E-state index in [-0.39, 0.29) is 5.97 Å². The van der Waals surface area contributed by atoms with Gasteiger partial charge in [0.15, 0.2) is 0 Å². The maximum Gasteiger partial charge on any atom is 0.337 e. The molecule has 4 heteroatoms. The third-order valence-electron chi connectivity index (χ3n) is 1.78. The predicted octanol–water partition coefficient (Wildman–Crippen LogP) is 2.18. The summed E-state index contributed by atoms with van der Waals surface area (Å²) in [6.07, 6.45) is 0. The van der Waals surface area contributed by atoms with Crippen LogP contribution in [0.5, 0.6) is 0 Å². The van der Waals surface area contributed by atoms with Crippen molar-refractivity contribution in [1.29, 1.82) is 0 Å². The highest BCUT2D eigenvalue weighted by atomic mass is 16.7. The SMILES string of the molecule is CC(C)(C)C(=O)ONc1ccc(N)cc1. The molecule has 0 saturated carbocycles. The molecular weight excluding hydrogens is 192 g/mol. The summed E-state index contributed by atoms with van der Waals surface area (Å²) >= 11 is 0. The third-order valence-corrected chi connectivity index (χ3v) is 1.78. The van der Waals surface area contributed by atoms with Crippen LogP contribution in [-0.4, -0.2) is 5.97 Å². The highest BCUT2D eigenvalue weighted by molar-refractivity contribution is 5.76. The monoisotopic (exact) mass is 208 g/mol. The molecule has 0 aliphatic rings. The summed E-state index contributed by atoms with van der Waals surface area (Å²) in [5.41, 5.74) is 8.94. The Labute approximate surface area is 89.4 Å². The van der Waals surface area contributed by atoms with E-state index in [0.29, 0.717) is 11.4 Å². The third kappa shape index (κ3) is 3.50. The maximum atomic E-state index is 11.4. The van der Waals surface area contributed by atoms with Crippen molar-refractivity contribution in [2.75, 3.05) is 11.2 Å². The van der Waals surface area contributed by atoms with Crippen molar-refractivity contribution in [2.45, 2.75) is 20.8 Å². The zero-order chi connectivity index (χ0) is 11.5. The summed E-state index contributed by atoms with van der Waals surface area (Å²) in [6.45, 7) is 5.37. The second-order valence-corrected chi connectivity index (χ2v) is 4.36. The van der Waals surface area contributed by atoms with E-state index in [1.807, 2.05) is 0 Å². The van der Waals surface area contributed by atoms with E-state index in [9.17, 15) is 4.79 Å². The average Bonchev–Trinajstić information content (AvgIpc) is 2.15. The fourth-order valence-corrected chi connectivity index (χ4v) is 0.810. The maximum absolute atomic E-state index is 11.4. The number of nitrogens with two attached hydrogens (primary N) is 1. The molecule has 0 amide bonds. The first kappa shape index (κ1) is 11.4. The summed E-state index contributed by atoms with van der Waals surface area (Å²) in [4.78, 5) is 16.3. The second-order valence-electron chi connectivity index (χ2n) is 4.36. The average molecular weight is 208 g/mol. The fraction of sp³-hybridized carbons (Fsp3) is 0.364. The minimum absolute atomic E-state index is 0.306. The number of carbonyl (C=O) groups excluding carboxylic acids is 1. The van der Waals surface area contributed by atoms with Crippen molar-refractivity contribution in [3.8, 4) is 0 Å². The highest BCUT2D eigenvalue weighted by Gasteiger charge is 2.23. The zero-order valence-corrected chi connectivity index (χ0v) is 9.20. The quantitative estimate of drug-likeness (QED) is 0.577. The number of anilines is 2. The molecule has 1 rings (SSSR count). The lowest BCUT2D eigenvalue weighted by molar-refractivity contribution is -0.149. The van der Waals surface area contributed by atoms with Gasteiger partial charge in [-0.05, 0) is 45.0 Å². The molecule has 0 bridgehead atoms.